The summed E-state index contributed by atoms with van der Waals surface area (Å²) < 4.78 is 0. The van der Waals surface area contributed by atoms with E-state index >= 15 is 0 Å². The van der Waals surface area contributed by atoms with Crippen LogP contribution in [0.1, 0.15) is 56.6 Å². The zero-order chi connectivity index (χ0) is 19.7. The molecule has 1 unspecified atom stereocenters. The number of nitrogens with one attached hydrogen (secondary N) is 2. The number of aromatic nitrogens is 3. The van der Waals surface area contributed by atoms with Gasteiger partial charge >= 0.3 is 0 Å². The Labute approximate surface area is 168 Å². The molecule has 0 radical (unpaired) electrons. The van der Waals surface area contributed by atoms with Crippen molar-refractivity contribution < 1.29 is 4.79 Å². The van der Waals surface area contributed by atoms with Crippen molar-refractivity contribution in [3.05, 3.63) is 57.3 Å². The Kier molecular flexibility index (Phi) is 5.35. The fraction of sp³-hybridized carbons (Fsp3) is 0.429. The van der Waals surface area contributed by atoms with Crippen molar-refractivity contribution in [2.75, 3.05) is 11.1 Å². The van der Waals surface area contributed by atoms with E-state index in [-0.39, 0.29) is 11.3 Å². The minimum atomic E-state index is -0.418. The van der Waals surface area contributed by atoms with Gasteiger partial charge < -0.3 is 10.3 Å². The topological polar surface area (TPSA) is 87.7 Å². The maximum atomic E-state index is 13.0. The molecule has 0 bridgehead atoms. The predicted octanol–water partition coefficient (Wildman–Crippen LogP) is 3.87. The number of rotatable bonds is 5. The highest BCUT2D eigenvalue weighted by atomic mass is 32.2. The van der Waals surface area contributed by atoms with Gasteiger partial charge in [0.15, 0.2) is 10.9 Å². The third kappa shape index (κ3) is 3.63. The van der Waals surface area contributed by atoms with Crippen molar-refractivity contribution in [1.82, 2.24) is 15.0 Å². The monoisotopic (exact) mass is 396 g/mol. The van der Waals surface area contributed by atoms with Crippen LogP contribution in [0.25, 0.3) is 0 Å². The number of aromatic amines is 1. The molecule has 28 heavy (non-hydrogen) atoms. The number of allylic oxidation sites excluding steroid dienone is 2. The highest BCUT2D eigenvalue weighted by Gasteiger charge is 2.37. The van der Waals surface area contributed by atoms with Gasteiger partial charge in [-0.3, -0.25) is 14.6 Å². The number of hydrogen-bond donors (Lipinski definition) is 2. The predicted molar refractivity (Wildman–Crippen MR) is 111 cm³/mol. The summed E-state index contributed by atoms with van der Waals surface area (Å²) in [7, 11) is 0. The van der Waals surface area contributed by atoms with Gasteiger partial charge in [0.05, 0.1) is 5.56 Å². The van der Waals surface area contributed by atoms with E-state index in [0.29, 0.717) is 34.4 Å². The third-order valence-corrected chi connectivity index (χ3v) is 6.09. The fourth-order valence-electron chi connectivity index (χ4n) is 3.78. The summed E-state index contributed by atoms with van der Waals surface area (Å²) in [6.45, 7) is 4.36. The number of anilines is 1. The lowest BCUT2D eigenvalue weighted by Gasteiger charge is -2.32. The van der Waals surface area contributed by atoms with Crippen LogP contribution in [0.2, 0.25) is 0 Å². The van der Waals surface area contributed by atoms with Crippen LogP contribution in [-0.4, -0.2) is 26.5 Å². The molecule has 7 heteroatoms. The summed E-state index contributed by atoms with van der Waals surface area (Å²) >= 11 is 1.56. The van der Waals surface area contributed by atoms with Crippen LogP contribution in [0.4, 0.5) is 5.82 Å². The van der Waals surface area contributed by atoms with E-state index in [1.54, 1.807) is 24.2 Å². The van der Waals surface area contributed by atoms with Crippen LogP contribution in [0.5, 0.6) is 0 Å². The molecule has 146 valence electrons. The van der Waals surface area contributed by atoms with E-state index in [1.165, 1.54) is 0 Å². The average Bonchev–Trinajstić information content (AvgIpc) is 2.67. The van der Waals surface area contributed by atoms with Gasteiger partial charge in [0, 0.05) is 41.8 Å². The zero-order valence-corrected chi connectivity index (χ0v) is 16.9. The lowest BCUT2D eigenvalue weighted by Crippen LogP contribution is -2.32. The minimum Gasteiger partial charge on any atom is -0.343 e. The van der Waals surface area contributed by atoms with Gasteiger partial charge in [-0.15, -0.1) is 0 Å². The maximum Gasteiger partial charge on any atom is 0.257 e. The van der Waals surface area contributed by atoms with Crippen molar-refractivity contribution in [2.45, 2.75) is 50.6 Å². The van der Waals surface area contributed by atoms with Gasteiger partial charge in [0.25, 0.3) is 5.56 Å². The molecule has 1 aliphatic heterocycles. The van der Waals surface area contributed by atoms with E-state index in [2.05, 4.69) is 29.1 Å². The average molecular weight is 397 g/mol. The molecule has 2 aliphatic rings. The number of Topliss-reactive ketones (excluding diaryl/α,β-unsaturated/α-hetero) is 1. The van der Waals surface area contributed by atoms with Crippen LogP contribution in [0.3, 0.4) is 0 Å². The Morgan fingerprint density at radius 1 is 1.29 bits per heavy atom. The molecule has 3 heterocycles. The van der Waals surface area contributed by atoms with Crippen LogP contribution in [0, 0.1) is 5.92 Å². The van der Waals surface area contributed by atoms with Crippen molar-refractivity contribution in [3.8, 4) is 0 Å². The number of hydrogen-bond acceptors (Lipinski definition) is 6. The Morgan fingerprint density at radius 2 is 2.14 bits per heavy atom. The van der Waals surface area contributed by atoms with Gasteiger partial charge in [-0.1, -0.05) is 31.7 Å². The van der Waals surface area contributed by atoms with E-state index in [0.717, 1.165) is 36.3 Å². The summed E-state index contributed by atoms with van der Waals surface area (Å²) in [5, 5.41) is 3.92. The first kappa shape index (κ1) is 18.9. The Bertz CT molecular complexity index is 982. The Hall–Kier alpha value is -2.41. The molecule has 2 N–H and O–H groups in total. The number of fused-ring (bicyclic) bond motifs is 1. The van der Waals surface area contributed by atoms with E-state index in [9.17, 15) is 9.59 Å². The van der Waals surface area contributed by atoms with Crippen LogP contribution in [-0.2, 0) is 4.79 Å². The molecule has 0 spiro atoms. The fourth-order valence-corrected chi connectivity index (χ4v) is 4.88. The molecule has 0 saturated carbocycles. The molecular weight excluding hydrogens is 372 g/mol. The van der Waals surface area contributed by atoms with Crippen molar-refractivity contribution >= 4 is 23.4 Å². The summed E-state index contributed by atoms with van der Waals surface area (Å²) in [6, 6.07) is 3.76. The largest absolute Gasteiger partial charge is 0.343 e. The molecule has 1 atom stereocenters. The number of nitrogens with zero attached hydrogens (tertiary/aromatic N) is 2. The van der Waals surface area contributed by atoms with Gasteiger partial charge in [0.1, 0.15) is 5.82 Å². The number of carbonyl (C=O) groups is 1. The smallest absolute Gasteiger partial charge is 0.257 e. The molecule has 0 aromatic carbocycles. The molecule has 6 nitrogen and oxygen atoms in total. The maximum absolute atomic E-state index is 13.0. The summed E-state index contributed by atoms with van der Waals surface area (Å²) in [5.41, 5.74) is 2.76. The highest BCUT2D eigenvalue weighted by Crippen LogP contribution is 2.43. The van der Waals surface area contributed by atoms with Gasteiger partial charge in [-0.05, 0) is 36.8 Å². The van der Waals surface area contributed by atoms with Gasteiger partial charge in [0.2, 0.25) is 0 Å². The number of thioether (sulfide) groups is 1. The first-order valence-electron chi connectivity index (χ1n) is 9.74. The van der Waals surface area contributed by atoms with Crippen LogP contribution in [0.15, 0.2) is 45.7 Å². The molecule has 0 fully saturated rings. The van der Waals surface area contributed by atoms with E-state index < -0.39 is 5.92 Å². The Balaban J connectivity index is 1.79. The third-order valence-electron chi connectivity index (χ3n) is 5.19. The van der Waals surface area contributed by atoms with Crippen molar-refractivity contribution in [2.24, 2.45) is 5.92 Å². The van der Waals surface area contributed by atoms with Crippen molar-refractivity contribution in [1.29, 1.82) is 0 Å². The number of ketones is 1. The first-order valence-corrected chi connectivity index (χ1v) is 10.7. The standard InChI is InChI=1S/C21H24N4O2S/c1-12(2)8-10-28-21-24-19-18(20(27)25-21)16(13-5-4-9-22-11-13)17-14(23-19)6-3-7-15(17)26/h4-5,9,11-12,16H,3,6-8,10H2,1-2H3,(H2,23,24,25,27). The van der Waals surface area contributed by atoms with Gasteiger partial charge in [-0.25, -0.2) is 4.98 Å². The number of pyridine rings is 1. The van der Waals surface area contributed by atoms with Gasteiger partial charge in [-0.2, -0.15) is 0 Å². The molecule has 2 aromatic rings. The normalized spacial score (nSPS) is 18.7. The quantitative estimate of drug-likeness (QED) is 0.589. The second kappa shape index (κ2) is 7.91. The molecule has 2 aromatic heterocycles. The van der Waals surface area contributed by atoms with Crippen molar-refractivity contribution in [3.63, 3.8) is 0 Å². The molecule has 0 saturated heterocycles. The zero-order valence-electron chi connectivity index (χ0n) is 16.1. The molecule has 0 amide bonds. The molecule has 1 aliphatic carbocycles. The lowest BCUT2D eigenvalue weighted by atomic mass is 9.77. The Morgan fingerprint density at radius 3 is 2.89 bits per heavy atom. The summed E-state index contributed by atoms with van der Waals surface area (Å²) in [5.74, 6) is 1.75. The minimum absolute atomic E-state index is 0.100. The lowest BCUT2D eigenvalue weighted by molar-refractivity contribution is -0.116. The number of carbonyl (C=O) groups excluding carboxylic acids is 1. The second-order valence-electron chi connectivity index (χ2n) is 7.68. The number of H-pyrrole nitrogens is 1. The van der Waals surface area contributed by atoms with E-state index in [1.807, 2.05) is 12.1 Å². The summed E-state index contributed by atoms with van der Waals surface area (Å²) in [4.78, 5) is 37.6. The van der Waals surface area contributed by atoms with Crippen LogP contribution >= 0.6 is 11.8 Å². The molecule has 4 rings (SSSR count). The first-order chi connectivity index (χ1) is 13.5. The highest BCUT2D eigenvalue weighted by molar-refractivity contribution is 7.99. The second-order valence-corrected chi connectivity index (χ2v) is 8.76. The summed E-state index contributed by atoms with van der Waals surface area (Å²) in [6.07, 6.45) is 6.61. The van der Waals surface area contributed by atoms with Crippen LogP contribution < -0.4 is 10.9 Å². The van der Waals surface area contributed by atoms with E-state index in [4.69, 9.17) is 4.98 Å². The SMILES string of the molecule is CC(C)CCSc1nc2c(c(=O)[nH]1)C(c1cccnc1)C1=C(CCCC1=O)N2. The molecular formula is C21H24N4O2S.